The summed E-state index contributed by atoms with van der Waals surface area (Å²) in [6, 6.07) is 4.04. The predicted molar refractivity (Wildman–Crippen MR) is 60.2 cm³/mol. The second kappa shape index (κ2) is 5.81. The Morgan fingerprint density at radius 3 is 2.71 bits per heavy atom. The quantitative estimate of drug-likeness (QED) is 0.797. The molecule has 0 spiro atoms. The van der Waals surface area contributed by atoms with Crippen LogP contribution in [0.25, 0.3) is 0 Å². The largest absolute Gasteiger partial charge is 0.351 e. The molecule has 0 saturated carbocycles. The fourth-order valence-corrected chi connectivity index (χ4v) is 2.04. The fourth-order valence-electron chi connectivity index (χ4n) is 1.39. The number of rotatable bonds is 5. The Bertz CT molecular complexity index is 265. The van der Waals surface area contributed by atoms with Gasteiger partial charge in [-0.1, -0.05) is 19.9 Å². The van der Waals surface area contributed by atoms with Crippen LogP contribution in [0.5, 0.6) is 0 Å². The summed E-state index contributed by atoms with van der Waals surface area (Å²) in [6.07, 6.45) is 1.85. The first kappa shape index (κ1) is 11.2. The lowest BCUT2D eigenvalue weighted by Gasteiger charge is -2.11. The molecule has 1 N–H and O–H groups in total. The Hall–Kier alpha value is -0.830. The van der Waals surface area contributed by atoms with Crippen LogP contribution < -0.4 is 5.32 Å². The molecule has 0 radical (unpaired) electrons. The van der Waals surface area contributed by atoms with Gasteiger partial charge in [0.25, 0.3) is 0 Å². The molecule has 0 atom stereocenters. The molecule has 0 bridgehead atoms. The number of amides is 1. The second-order valence-corrected chi connectivity index (χ2v) is 4.34. The summed E-state index contributed by atoms with van der Waals surface area (Å²) in [7, 11) is 0. The van der Waals surface area contributed by atoms with E-state index in [4.69, 9.17) is 0 Å². The smallest absolute Gasteiger partial charge is 0.223 e. The van der Waals surface area contributed by atoms with E-state index in [1.165, 1.54) is 4.88 Å². The van der Waals surface area contributed by atoms with Gasteiger partial charge in [0.1, 0.15) is 0 Å². The first-order valence-corrected chi connectivity index (χ1v) is 5.96. The maximum absolute atomic E-state index is 11.6. The molecule has 0 saturated heterocycles. The van der Waals surface area contributed by atoms with Crippen LogP contribution in [-0.2, 0) is 11.3 Å². The SMILES string of the molecule is CCC(CC)C(=O)NCc1cccs1. The molecule has 1 aromatic rings. The molecule has 0 aliphatic carbocycles. The zero-order valence-electron chi connectivity index (χ0n) is 8.75. The van der Waals surface area contributed by atoms with Crippen LogP contribution in [-0.4, -0.2) is 5.91 Å². The van der Waals surface area contributed by atoms with E-state index in [-0.39, 0.29) is 11.8 Å². The average molecular weight is 211 g/mol. The highest BCUT2D eigenvalue weighted by Gasteiger charge is 2.13. The molecule has 1 rings (SSSR count). The Labute approximate surface area is 89.3 Å². The van der Waals surface area contributed by atoms with E-state index in [2.05, 4.69) is 19.2 Å². The van der Waals surface area contributed by atoms with Crippen LogP contribution in [0.15, 0.2) is 17.5 Å². The van der Waals surface area contributed by atoms with Gasteiger partial charge >= 0.3 is 0 Å². The van der Waals surface area contributed by atoms with Crippen LogP contribution in [0.1, 0.15) is 31.6 Å². The van der Waals surface area contributed by atoms with Gasteiger partial charge in [0.15, 0.2) is 0 Å². The molecule has 3 heteroatoms. The first-order chi connectivity index (χ1) is 6.77. The van der Waals surface area contributed by atoms with Crippen molar-refractivity contribution >= 4 is 17.2 Å². The molecule has 0 aromatic carbocycles. The minimum absolute atomic E-state index is 0.176. The maximum Gasteiger partial charge on any atom is 0.223 e. The normalized spacial score (nSPS) is 10.5. The van der Waals surface area contributed by atoms with Gasteiger partial charge in [0.2, 0.25) is 5.91 Å². The van der Waals surface area contributed by atoms with Gasteiger partial charge in [-0.3, -0.25) is 4.79 Å². The van der Waals surface area contributed by atoms with Crippen molar-refractivity contribution in [3.8, 4) is 0 Å². The van der Waals surface area contributed by atoms with Crippen LogP contribution in [0.4, 0.5) is 0 Å². The average Bonchev–Trinajstić information content (AvgIpc) is 2.69. The van der Waals surface area contributed by atoms with Gasteiger partial charge in [-0.15, -0.1) is 11.3 Å². The van der Waals surface area contributed by atoms with Crippen molar-refractivity contribution in [3.63, 3.8) is 0 Å². The van der Waals surface area contributed by atoms with Crippen LogP contribution in [0.2, 0.25) is 0 Å². The van der Waals surface area contributed by atoms with Crippen molar-refractivity contribution in [3.05, 3.63) is 22.4 Å². The maximum atomic E-state index is 11.6. The van der Waals surface area contributed by atoms with Crippen molar-refractivity contribution in [2.24, 2.45) is 5.92 Å². The lowest BCUT2D eigenvalue weighted by atomic mass is 10.0. The third-order valence-corrected chi connectivity index (χ3v) is 3.25. The summed E-state index contributed by atoms with van der Waals surface area (Å²) in [4.78, 5) is 12.8. The second-order valence-electron chi connectivity index (χ2n) is 3.31. The zero-order chi connectivity index (χ0) is 10.4. The van der Waals surface area contributed by atoms with E-state index in [0.29, 0.717) is 6.54 Å². The summed E-state index contributed by atoms with van der Waals surface area (Å²) in [5.74, 6) is 0.360. The van der Waals surface area contributed by atoms with Gasteiger partial charge in [-0.25, -0.2) is 0 Å². The monoisotopic (exact) mass is 211 g/mol. The molecular weight excluding hydrogens is 194 g/mol. The van der Waals surface area contributed by atoms with E-state index in [0.717, 1.165) is 12.8 Å². The summed E-state index contributed by atoms with van der Waals surface area (Å²) in [5.41, 5.74) is 0. The lowest BCUT2D eigenvalue weighted by Crippen LogP contribution is -2.29. The fraction of sp³-hybridized carbons (Fsp3) is 0.545. The van der Waals surface area contributed by atoms with Crippen molar-refractivity contribution < 1.29 is 4.79 Å². The van der Waals surface area contributed by atoms with Gasteiger partial charge in [-0.05, 0) is 24.3 Å². The minimum atomic E-state index is 0.176. The Morgan fingerprint density at radius 2 is 2.21 bits per heavy atom. The number of nitrogens with one attached hydrogen (secondary N) is 1. The van der Waals surface area contributed by atoms with E-state index in [1.807, 2.05) is 17.5 Å². The third-order valence-electron chi connectivity index (χ3n) is 2.37. The van der Waals surface area contributed by atoms with Gasteiger partial charge in [-0.2, -0.15) is 0 Å². The third kappa shape index (κ3) is 3.14. The first-order valence-electron chi connectivity index (χ1n) is 5.08. The molecular formula is C11H17NOS. The molecule has 0 unspecified atom stereocenters. The van der Waals surface area contributed by atoms with E-state index in [9.17, 15) is 4.79 Å². The van der Waals surface area contributed by atoms with Crippen LogP contribution in [0, 0.1) is 5.92 Å². The molecule has 1 aromatic heterocycles. The molecule has 78 valence electrons. The number of carbonyl (C=O) groups is 1. The number of thiophene rings is 1. The highest BCUT2D eigenvalue weighted by molar-refractivity contribution is 7.09. The molecule has 1 amide bonds. The highest BCUT2D eigenvalue weighted by atomic mass is 32.1. The number of hydrogen-bond acceptors (Lipinski definition) is 2. The van der Waals surface area contributed by atoms with Crippen LogP contribution in [0.3, 0.4) is 0 Å². The molecule has 2 nitrogen and oxygen atoms in total. The summed E-state index contributed by atoms with van der Waals surface area (Å²) in [6.45, 7) is 4.78. The predicted octanol–water partition coefficient (Wildman–Crippen LogP) is 2.80. The van der Waals surface area contributed by atoms with Crippen molar-refractivity contribution in [1.82, 2.24) is 5.32 Å². The Balaban J connectivity index is 2.34. The molecule has 0 aliphatic rings. The number of carbonyl (C=O) groups excluding carboxylic acids is 1. The van der Waals surface area contributed by atoms with Gasteiger partial charge < -0.3 is 5.32 Å². The van der Waals surface area contributed by atoms with E-state index >= 15 is 0 Å². The van der Waals surface area contributed by atoms with E-state index in [1.54, 1.807) is 11.3 Å². The zero-order valence-corrected chi connectivity index (χ0v) is 9.56. The van der Waals surface area contributed by atoms with Crippen molar-refractivity contribution in [2.45, 2.75) is 33.2 Å². The van der Waals surface area contributed by atoms with Crippen molar-refractivity contribution in [2.75, 3.05) is 0 Å². The Kier molecular flexibility index (Phi) is 4.66. The topological polar surface area (TPSA) is 29.1 Å². The molecule has 14 heavy (non-hydrogen) atoms. The lowest BCUT2D eigenvalue weighted by molar-refractivity contribution is -0.125. The molecule has 0 aliphatic heterocycles. The summed E-state index contributed by atoms with van der Waals surface area (Å²) < 4.78 is 0. The van der Waals surface area contributed by atoms with Crippen LogP contribution >= 0.6 is 11.3 Å². The standard InChI is InChI=1S/C11H17NOS/c1-3-9(4-2)11(13)12-8-10-6-5-7-14-10/h5-7,9H,3-4,8H2,1-2H3,(H,12,13). The van der Waals surface area contributed by atoms with E-state index < -0.39 is 0 Å². The molecule has 0 fully saturated rings. The van der Waals surface area contributed by atoms with Crippen molar-refractivity contribution in [1.29, 1.82) is 0 Å². The summed E-state index contributed by atoms with van der Waals surface area (Å²) >= 11 is 1.68. The summed E-state index contributed by atoms with van der Waals surface area (Å²) in [5, 5.41) is 4.98. The molecule has 1 heterocycles. The number of hydrogen-bond donors (Lipinski definition) is 1. The van der Waals surface area contributed by atoms with Gasteiger partial charge in [0, 0.05) is 10.8 Å². The highest BCUT2D eigenvalue weighted by Crippen LogP contribution is 2.10. The Morgan fingerprint density at radius 1 is 1.50 bits per heavy atom. The van der Waals surface area contributed by atoms with Gasteiger partial charge in [0.05, 0.1) is 6.54 Å². The minimum Gasteiger partial charge on any atom is -0.351 e.